The minimum Gasteiger partial charge on any atom is -0.393 e. The van der Waals surface area contributed by atoms with Crippen LogP contribution in [0.5, 0.6) is 0 Å². The lowest BCUT2D eigenvalue weighted by molar-refractivity contribution is 0.0950. The van der Waals surface area contributed by atoms with E-state index in [9.17, 15) is 5.11 Å². The first-order chi connectivity index (χ1) is 12.1. The van der Waals surface area contributed by atoms with Gasteiger partial charge in [0.2, 0.25) is 0 Å². The standard InChI is InChI=1S/C22H44N2O/c1-4-21(25)12-8-9-13-22(20-10-6-5-7-11-20)19(2)18-24-16-14-23(3)15-17-24/h19-22,25H,4-18H2,1-3H3. The number of aliphatic hydroxyl groups is 1. The molecule has 0 aromatic rings. The molecule has 25 heavy (non-hydrogen) atoms. The van der Waals surface area contributed by atoms with Crippen molar-refractivity contribution in [1.29, 1.82) is 0 Å². The van der Waals surface area contributed by atoms with Crippen molar-refractivity contribution in [3.8, 4) is 0 Å². The van der Waals surface area contributed by atoms with Gasteiger partial charge in [-0.2, -0.15) is 0 Å². The number of hydrogen-bond acceptors (Lipinski definition) is 3. The molecule has 0 bridgehead atoms. The Morgan fingerprint density at radius 1 is 0.960 bits per heavy atom. The van der Waals surface area contributed by atoms with E-state index in [0.717, 1.165) is 30.6 Å². The summed E-state index contributed by atoms with van der Waals surface area (Å²) in [5, 5.41) is 9.81. The minimum absolute atomic E-state index is 0.0732. The van der Waals surface area contributed by atoms with Gasteiger partial charge in [0.05, 0.1) is 6.10 Å². The topological polar surface area (TPSA) is 26.7 Å². The monoisotopic (exact) mass is 352 g/mol. The Labute approximate surface area is 157 Å². The summed E-state index contributed by atoms with van der Waals surface area (Å²) in [5.74, 6) is 2.69. The Morgan fingerprint density at radius 3 is 2.24 bits per heavy atom. The first-order valence-corrected chi connectivity index (χ1v) is 11.2. The van der Waals surface area contributed by atoms with Crippen molar-refractivity contribution in [3.05, 3.63) is 0 Å². The van der Waals surface area contributed by atoms with E-state index in [1.54, 1.807) is 0 Å². The van der Waals surface area contributed by atoms with Crippen molar-refractivity contribution < 1.29 is 5.11 Å². The van der Waals surface area contributed by atoms with Crippen molar-refractivity contribution in [2.24, 2.45) is 17.8 Å². The smallest absolute Gasteiger partial charge is 0.0537 e. The molecule has 1 N–H and O–H groups in total. The minimum atomic E-state index is -0.0732. The summed E-state index contributed by atoms with van der Waals surface area (Å²) in [6.07, 6.45) is 13.0. The Hall–Kier alpha value is -0.120. The highest BCUT2D eigenvalue weighted by Gasteiger charge is 2.29. The summed E-state index contributed by atoms with van der Waals surface area (Å²) in [7, 11) is 2.25. The number of rotatable bonds is 10. The van der Waals surface area contributed by atoms with E-state index in [4.69, 9.17) is 0 Å². The zero-order chi connectivity index (χ0) is 18.1. The number of likely N-dealkylation sites (N-methyl/N-ethyl adjacent to an activating group) is 1. The van der Waals surface area contributed by atoms with Gasteiger partial charge in [0.25, 0.3) is 0 Å². The SMILES string of the molecule is CCC(O)CCCCC(C(C)CN1CCN(C)CC1)C1CCCCC1. The maximum Gasteiger partial charge on any atom is 0.0537 e. The Bertz CT molecular complexity index is 335. The highest BCUT2D eigenvalue weighted by atomic mass is 16.3. The zero-order valence-corrected chi connectivity index (χ0v) is 17.3. The predicted molar refractivity (Wildman–Crippen MR) is 108 cm³/mol. The summed E-state index contributed by atoms with van der Waals surface area (Å²) in [5.41, 5.74) is 0. The van der Waals surface area contributed by atoms with Crippen LogP contribution >= 0.6 is 0 Å². The third-order valence-electron chi connectivity index (χ3n) is 6.92. The second-order valence-corrected chi connectivity index (χ2v) is 8.99. The Morgan fingerprint density at radius 2 is 1.60 bits per heavy atom. The fraction of sp³-hybridized carbons (Fsp3) is 1.00. The molecule has 148 valence electrons. The van der Waals surface area contributed by atoms with Crippen LogP contribution in [0, 0.1) is 17.8 Å². The van der Waals surface area contributed by atoms with Crippen molar-refractivity contribution in [3.63, 3.8) is 0 Å². The highest BCUT2D eigenvalue weighted by Crippen LogP contribution is 2.37. The van der Waals surface area contributed by atoms with E-state index in [1.807, 2.05) is 0 Å². The quantitative estimate of drug-likeness (QED) is 0.590. The lowest BCUT2D eigenvalue weighted by Gasteiger charge is -2.39. The average molecular weight is 353 g/mol. The van der Waals surface area contributed by atoms with Crippen LogP contribution in [0.15, 0.2) is 0 Å². The highest BCUT2D eigenvalue weighted by molar-refractivity contribution is 4.81. The number of aliphatic hydroxyl groups excluding tert-OH is 1. The van der Waals surface area contributed by atoms with Crippen molar-refractivity contribution in [1.82, 2.24) is 9.80 Å². The molecule has 0 aromatic carbocycles. The summed E-state index contributed by atoms with van der Waals surface area (Å²) >= 11 is 0. The molecular formula is C22H44N2O. The van der Waals surface area contributed by atoms with Gasteiger partial charge in [-0.15, -0.1) is 0 Å². The molecule has 1 aliphatic carbocycles. The molecular weight excluding hydrogens is 308 g/mol. The van der Waals surface area contributed by atoms with Crippen molar-refractivity contribution in [2.75, 3.05) is 39.8 Å². The maximum atomic E-state index is 9.81. The van der Waals surface area contributed by atoms with E-state index >= 15 is 0 Å². The second-order valence-electron chi connectivity index (χ2n) is 8.99. The van der Waals surface area contributed by atoms with E-state index < -0.39 is 0 Å². The van der Waals surface area contributed by atoms with Gasteiger partial charge in [0.15, 0.2) is 0 Å². The van der Waals surface area contributed by atoms with Crippen molar-refractivity contribution in [2.45, 2.75) is 84.2 Å². The molecule has 0 aromatic heterocycles. The summed E-state index contributed by atoms with van der Waals surface area (Å²) in [4.78, 5) is 5.17. The Kier molecular flexibility index (Phi) is 9.80. The first-order valence-electron chi connectivity index (χ1n) is 11.2. The van der Waals surface area contributed by atoms with Crippen LogP contribution in [0.25, 0.3) is 0 Å². The Balaban J connectivity index is 1.81. The summed E-state index contributed by atoms with van der Waals surface area (Å²) in [6, 6.07) is 0. The summed E-state index contributed by atoms with van der Waals surface area (Å²) in [6.45, 7) is 10.9. The van der Waals surface area contributed by atoms with Crippen LogP contribution in [0.2, 0.25) is 0 Å². The lowest BCUT2D eigenvalue weighted by atomic mass is 9.72. The molecule has 1 heterocycles. The average Bonchev–Trinajstić information content (AvgIpc) is 2.64. The van der Waals surface area contributed by atoms with Gasteiger partial charge in [-0.3, -0.25) is 0 Å². The normalized spacial score (nSPS) is 25.0. The number of nitrogens with zero attached hydrogens (tertiary/aromatic N) is 2. The molecule has 1 saturated carbocycles. The third kappa shape index (κ3) is 7.56. The molecule has 3 unspecified atom stereocenters. The molecule has 3 heteroatoms. The van der Waals surface area contributed by atoms with Gasteiger partial charge < -0.3 is 14.9 Å². The van der Waals surface area contributed by atoms with Crippen LogP contribution in [0.4, 0.5) is 0 Å². The molecule has 0 spiro atoms. The van der Waals surface area contributed by atoms with Gasteiger partial charge >= 0.3 is 0 Å². The molecule has 2 aliphatic rings. The fourth-order valence-electron chi connectivity index (χ4n) is 5.08. The molecule has 3 nitrogen and oxygen atoms in total. The molecule has 1 saturated heterocycles. The van der Waals surface area contributed by atoms with Crippen LogP contribution in [-0.2, 0) is 0 Å². The molecule has 1 aliphatic heterocycles. The van der Waals surface area contributed by atoms with Gasteiger partial charge in [0.1, 0.15) is 0 Å². The lowest BCUT2D eigenvalue weighted by Crippen LogP contribution is -2.47. The third-order valence-corrected chi connectivity index (χ3v) is 6.92. The van der Waals surface area contributed by atoms with E-state index in [1.165, 1.54) is 84.1 Å². The van der Waals surface area contributed by atoms with E-state index in [2.05, 4.69) is 30.7 Å². The fourth-order valence-corrected chi connectivity index (χ4v) is 5.08. The zero-order valence-electron chi connectivity index (χ0n) is 17.3. The number of unbranched alkanes of at least 4 members (excludes halogenated alkanes) is 1. The first kappa shape index (κ1) is 21.2. The molecule has 2 rings (SSSR count). The van der Waals surface area contributed by atoms with Gasteiger partial charge in [-0.1, -0.05) is 58.8 Å². The molecule has 0 amide bonds. The van der Waals surface area contributed by atoms with Crippen LogP contribution < -0.4 is 0 Å². The van der Waals surface area contributed by atoms with Crippen LogP contribution in [-0.4, -0.2) is 60.8 Å². The van der Waals surface area contributed by atoms with E-state index in [-0.39, 0.29) is 6.10 Å². The van der Waals surface area contributed by atoms with E-state index in [0.29, 0.717) is 0 Å². The van der Waals surface area contributed by atoms with Crippen molar-refractivity contribution >= 4 is 0 Å². The van der Waals surface area contributed by atoms with Crippen LogP contribution in [0.1, 0.15) is 78.1 Å². The number of hydrogen-bond donors (Lipinski definition) is 1. The maximum absolute atomic E-state index is 9.81. The molecule has 2 fully saturated rings. The molecule has 0 radical (unpaired) electrons. The van der Waals surface area contributed by atoms with Gasteiger partial charge in [-0.05, 0) is 44.1 Å². The largest absolute Gasteiger partial charge is 0.393 e. The summed E-state index contributed by atoms with van der Waals surface area (Å²) < 4.78 is 0. The molecule has 3 atom stereocenters. The van der Waals surface area contributed by atoms with Gasteiger partial charge in [0, 0.05) is 32.7 Å². The van der Waals surface area contributed by atoms with Gasteiger partial charge in [-0.25, -0.2) is 0 Å². The van der Waals surface area contributed by atoms with Crippen LogP contribution in [0.3, 0.4) is 0 Å². The number of piperazine rings is 1. The second kappa shape index (κ2) is 11.6. The predicted octanol–water partition coefficient (Wildman–Crippen LogP) is 4.40.